The van der Waals surface area contributed by atoms with Crippen LogP contribution in [0.5, 0.6) is 0 Å². The molecule has 0 aromatic rings. The van der Waals surface area contributed by atoms with Crippen molar-refractivity contribution >= 4 is 11.8 Å². The Kier molecular flexibility index (Phi) is 14.3. The van der Waals surface area contributed by atoms with E-state index < -0.39 is 0 Å². The number of nitrogens with zero attached hydrogens (tertiary/aromatic N) is 1. The Hall–Kier alpha value is -2.18. The van der Waals surface area contributed by atoms with E-state index in [-0.39, 0.29) is 18.2 Å². The number of allylic oxidation sites excluding steroid dienone is 2. The van der Waals surface area contributed by atoms with Gasteiger partial charge in [-0.15, -0.1) is 6.42 Å². The molecule has 0 radical (unpaired) electrons. The van der Waals surface area contributed by atoms with Crippen molar-refractivity contribution in [3.8, 4) is 12.3 Å². The molecular weight excluding hydrogens is 388 g/mol. The number of ether oxygens (including phenoxy) is 4. The Bertz CT molecular complexity index is 624. The van der Waals surface area contributed by atoms with Gasteiger partial charge >= 0.3 is 0 Å². The molecule has 8 nitrogen and oxygen atoms in total. The van der Waals surface area contributed by atoms with Crippen LogP contribution in [0.3, 0.4) is 0 Å². The average Bonchev–Trinajstić information content (AvgIpc) is 3.12. The summed E-state index contributed by atoms with van der Waals surface area (Å²) in [7, 11) is 0. The van der Waals surface area contributed by atoms with Crippen molar-refractivity contribution in [3.63, 3.8) is 0 Å². The maximum absolute atomic E-state index is 12.0. The van der Waals surface area contributed by atoms with E-state index in [1.165, 1.54) is 0 Å². The molecular formula is C22H34N2O6. The third kappa shape index (κ3) is 11.1. The van der Waals surface area contributed by atoms with Crippen LogP contribution in [0.15, 0.2) is 23.4 Å². The third-order valence-corrected chi connectivity index (χ3v) is 4.34. The van der Waals surface area contributed by atoms with Gasteiger partial charge in [0.25, 0.3) is 5.91 Å². The van der Waals surface area contributed by atoms with E-state index in [0.29, 0.717) is 65.9 Å². The van der Waals surface area contributed by atoms with Gasteiger partial charge in [-0.3, -0.25) is 9.59 Å². The molecule has 0 aromatic carbocycles. The molecule has 0 aromatic heterocycles. The molecule has 1 N–H and O–H groups in total. The van der Waals surface area contributed by atoms with Crippen LogP contribution in [0.4, 0.5) is 0 Å². The van der Waals surface area contributed by atoms with Gasteiger partial charge < -0.3 is 29.2 Å². The topological polar surface area (TPSA) is 86.3 Å². The van der Waals surface area contributed by atoms with Crippen LogP contribution in [-0.2, 0) is 28.5 Å². The lowest BCUT2D eigenvalue weighted by atomic mass is 10.1. The lowest BCUT2D eigenvalue weighted by Crippen LogP contribution is -2.33. The smallest absolute Gasteiger partial charge is 0.251 e. The number of terminal acetylenes is 1. The predicted molar refractivity (Wildman–Crippen MR) is 114 cm³/mol. The zero-order valence-electron chi connectivity index (χ0n) is 18.1. The number of nitrogens with one attached hydrogen (secondary N) is 1. The van der Waals surface area contributed by atoms with E-state index in [1.54, 1.807) is 11.0 Å². The zero-order chi connectivity index (χ0) is 22.0. The molecule has 8 heteroatoms. The van der Waals surface area contributed by atoms with Crippen LogP contribution >= 0.6 is 0 Å². The van der Waals surface area contributed by atoms with Gasteiger partial charge in [-0.05, 0) is 25.0 Å². The maximum Gasteiger partial charge on any atom is 0.251 e. The van der Waals surface area contributed by atoms with Gasteiger partial charge in [0.05, 0.1) is 46.2 Å². The first-order valence-corrected chi connectivity index (χ1v) is 10.3. The molecule has 0 saturated heterocycles. The fraction of sp³-hybridized carbons (Fsp3) is 0.636. The van der Waals surface area contributed by atoms with Crippen LogP contribution in [0, 0.1) is 12.3 Å². The van der Waals surface area contributed by atoms with Crippen molar-refractivity contribution in [2.75, 3.05) is 65.9 Å². The second-order valence-electron chi connectivity index (χ2n) is 6.54. The molecule has 1 rings (SSSR count). The van der Waals surface area contributed by atoms with Crippen LogP contribution in [0.1, 0.15) is 26.7 Å². The van der Waals surface area contributed by atoms with Gasteiger partial charge in [-0.1, -0.05) is 12.8 Å². The highest BCUT2D eigenvalue weighted by Crippen LogP contribution is 2.20. The lowest BCUT2D eigenvalue weighted by molar-refractivity contribution is -0.125. The minimum atomic E-state index is -0.105. The summed E-state index contributed by atoms with van der Waals surface area (Å²) in [5, 5.41) is 2.80. The van der Waals surface area contributed by atoms with Crippen molar-refractivity contribution in [1.29, 1.82) is 0 Å². The average molecular weight is 423 g/mol. The number of hydrogen-bond donors (Lipinski definition) is 1. The number of carbonyl (C=O) groups is 2. The SMILES string of the molecule is C#CCOCCOCCOCCOCCNC(=O)CCN1C(=O)C=C/C1=C(\C)CC. The van der Waals surface area contributed by atoms with Gasteiger partial charge in [0, 0.05) is 31.3 Å². The highest BCUT2D eigenvalue weighted by molar-refractivity contribution is 5.93. The summed E-state index contributed by atoms with van der Waals surface area (Å²) >= 11 is 0. The molecule has 2 amide bonds. The first-order chi connectivity index (χ1) is 14.6. The summed E-state index contributed by atoms with van der Waals surface area (Å²) < 4.78 is 21.2. The highest BCUT2D eigenvalue weighted by atomic mass is 16.6. The summed E-state index contributed by atoms with van der Waals surface area (Å²) in [5.41, 5.74) is 2.04. The van der Waals surface area contributed by atoms with E-state index in [1.807, 2.05) is 19.9 Å². The Balaban J connectivity index is 1.96. The van der Waals surface area contributed by atoms with Crippen molar-refractivity contribution in [1.82, 2.24) is 10.2 Å². The predicted octanol–water partition coefficient (Wildman–Crippen LogP) is 1.27. The van der Waals surface area contributed by atoms with Gasteiger partial charge in [-0.25, -0.2) is 0 Å². The fourth-order valence-electron chi connectivity index (χ4n) is 2.59. The van der Waals surface area contributed by atoms with Crippen LogP contribution in [0.25, 0.3) is 0 Å². The zero-order valence-corrected chi connectivity index (χ0v) is 18.1. The molecule has 1 heterocycles. The van der Waals surface area contributed by atoms with Gasteiger partial charge in [-0.2, -0.15) is 0 Å². The van der Waals surface area contributed by atoms with Crippen LogP contribution < -0.4 is 5.32 Å². The Morgan fingerprint density at radius 3 is 2.23 bits per heavy atom. The molecule has 1 aliphatic rings. The minimum Gasteiger partial charge on any atom is -0.377 e. The summed E-state index contributed by atoms with van der Waals surface area (Å²) in [6, 6.07) is 0. The standard InChI is InChI=1S/C22H34N2O6/c1-4-11-27-13-15-29-17-18-30-16-14-28-12-9-23-21(25)8-10-24-20(19(3)5-2)6-7-22(24)26/h1,6-7H,5,8-18H2,2-3H3,(H,23,25)/b20-19-. The summed E-state index contributed by atoms with van der Waals surface area (Å²) in [6.45, 7) is 8.36. The molecule has 0 atom stereocenters. The van der Waals surface area contributed by atoms with Crippen molar-refractivity contribution in [2.45, 2.75) is 26.7 Å². The van der Waals surface area contributed by atoms with Crippen molar-refractivity contribution in [2.24, 2.45) is 0 Å². The minimum absolute atomic E-state index is 0.0726. The number of hydrogen-bond acceptors (Lipinski definition) is 6. The van der Waals surface area contributed by atoms with Crippen molar-refractivity contribution < 1.29 is 28.5 Å². The number of amides is 2. The molecule has 0 spiro atoms. The normalized spacial score (nSPS) is 14.8. The third-order valence-electron chi connectivity index (χ3n) is 4.34. The molecule has 0 aliphatic carbocycles. The molecule has 168 valence electrons. The van der Waals surface area contributed by atoms with Crippen molar-refractivity contribution in [3.05, 3.63) is 23.4 Å². The van der Waals surface area contributed by atoms with E-state index in [4.69, 9.17) is 25.4 Å². The molecule has 0 unspecified atom stereocenters. The maximum atomic E-state index is 12.0. The highest BCUT2D eigenvalue weighted by Gasteiger charge is 2.22. The Morgan fingerprint density at radius 2 is 1.63 bits per heavy atom. The summed E-state index contributed by atoms with van der Waals surface area (Å²) in [4.78, 5) is 25.6. The quantitative estimate of drug-likeness (QED) is 0.281. The second kappa shape index (κ2) is 16.6. The summed E-state index contributed by atoms with van der Waals surface area (Å²) in [6.07, 6.45) is 9.54. The van der Waals surface area contributed by atoms with Gasteiger partial charge in [0.2, 0.25) is 5.91 Å². The summed E-state index contributed by atoms with van der Waals surface area (Å²) in [5.74, 6) is 2.20. The fourth-order valence-corrected chi connectivity index (χ4v) is 2.59. The monoisotopic (exact) mass is 422 g/mol. The first kappa shape index (κ1) is 25.9. The van der Waals surface area contributed by atoms with E-state index in [2.05, 4.69) is 11.2 Å². The van der Waals surface area contributed by atoms with Gasteiger partial charge in [0.15, 0.2) is 0 Å². The van der Waals surface area contributed by atoms with Crippen LogP contribution in [-0.4, -0.2) is 82.7 Å². The number of rotatable bonds is 17. The molecule has 0 fully saturated rings. The molecule has 0 bridgehead atoms. The van der Waals surface area contributed by atoms with E-state index in [0.717, 1.165) is 17.7 Å². The largest absolute Gasteiger partial charge is 0.377 e. The van der Waals surface area contributed by atoms with Gasteiger partial charge in [0.1, 0.15) is 6.61 Å². The van der Waals surface area contributed by atoms with E-state index >= 15 is 0 Å². The lowest BCUT2D eigenvalue weighted by Gasteiger charge is -2.20. The first-order valence-electron chi connectivity index (χ1n) is 10.3. The number of carbonyl (C=O) groups excluding carboxylic acids is 2. The van der Waals surface area contributed by atoms with Crippen LogP contribution in [0.2, 0.25) is 0 Å². The Labute approximate surface area is 179 Å². The second-order valence-corrected chi connectivity index (χ2v) is 6.54. The molecule has 30 heavy (non-hydrogen) atoms. The Morgan fingerprint density at radius 1 is 1.03 bits per heavy atom. The molecule has 1 aliphatic heterocycles. The molecule has 0 saturated carbocycles. The van der Waals surface area contributed by atoms with E-state index in [9.17, 15) is 9.59 Å².